The van der Waals surface area contributed by atoms with E-state index in [-0.39, 0.29) is 28.9 Å². The van der Waals surface area contributed by atoms with Crippen molar-refractivity contribution >= 4 is 21.9 Å². The second kappa shape index (κ2) is 12.6. The molecule has 0 bridgehead atoms. The third-order valence-electron chi connectivity index (χ3n) is 6.21. The fourth-order valence-electron chi connectivity index (χ4n) is 4.34. The monoisotopic (exact) mass is 546 g/mol. The average Bonchev–Trinajstić information content (AvgIpc) is 3.32. The van der Waals surface area contributed by atoms with Crippen LogP contribution in [-0.2, 0) is 27.6 Å². The molecule has 1 aliphatic heterocycles. The Morgan fingerprint density at radius 3 is 2.50 bits per heavy atom. The minimum atomic E-state index is -4.01. The van der Waals surface area contributed by atoms with E-state index in [0.29, 0.717) is 56.5 Å². The van der Waals surface area contributed by atoms with Gasteiger partial charge in [-0.2, -0.15) is 0 Å². The van der Waals surface area contributed by atoms with Crippen LogP contribution >= 0.6 is 0 Å². The molecular weight excluding hydrogens is 508 g/mol. The van der Waals surface area contributed by atoms with Crippen LogP contribution in [0.3, 0.4) is 0 Å². The van der Waals surface area contributed by atoms with Crippen molar-refractivity contribution in [3.8, 4) is 11.5 Å². The molecule has 0 spiro atoms. The maximum Gasteiger partial charge on any atom is 0.410 e. The van der Waals surface area contributed by atoms with E-state index in [9.17, 15) is 18.0 Å². The zero-order valence-electron chi connectivity index (χ0n) is 22.6. The number of hydrogen-bond donors (Lipinski definition) is 1. The molecule has 0 unspecified atom stereocenters. The van der Waals surface area contributed by atoms with E-state index in [1.54, 1.807) is 18.1 Å². The van der Waals surface area contributed by atoms with Gasteiger partial charge in [0.1, 0.15) is 22.0 Å². The number of rotatable bonds is 12. The van der Waals surface area contributed by atoms with Gasteiger partial charge in [0.15, 0.2) is 5.78 Å². The van der Waals surface area contributed by atoms with Crippen molar-refractivity contribution in [2.75, 3.05) is 26.8 Å². The largest absolute Gasteiger partial charge is 0.496 e. The summed E-state index contributed by atoms with van der Waals surface area (Å²) in [6, 6.07) is 10.7. The molecule has 9 nitrogen and oxygen atoms in total. The lowest BCUT2D eigenvalue weighted by atomic mass is 10.0. The molecule has 2 aromatic carbocycles. The van der Waals surface area contributed by atoms with Crippen molar-refractivity contribution < 1.29 is 32.2 Å². The van der Waals surface area contributed by atoms with Crippen LogP contribution in [0.4, 0.5) is 4.79 Å². The zero-order chi connectivity index (χ0) is 27.9. The van der Waals surface area contributed by atoms with Gasteiger partial charge in [-0.05, 0) is 69.4 Å². The first-order valence-electron chi connectivity index (χ1n) is 12.8. The molecule has 208 valence electrons. The Hall–Kier alpha value is -3.11. The second-order valence-corrected chi connectivity index (χ2v) is 11.9. The number of methoxy groups -OCH3 is 1. The molecule has 0 atom stereocenters. The summed E-state index contributed by atoms with van der Waals surface area (Å²) in [4.78, 5) is 27.2. The molecule has 0 saturated carbocycles. The standard InChI is InChI=1S/C28H38N2O7S/c1-28(2,3)37-27(32)30(16-13-20-10-7-8-12-24(20)35-4)15-9-5-6-11-23(31)22-18-21-14-17-36-26(21)25(19-22)38(29,33)34/h7-8,10,12,18-19H,5-6,9,11,13-17H2,1-4H3,(H2,29,33,34). The summed E-state index contributed by atoms with van der Waals surface area (Å²) in [7, 11) is -2.39. The lowest BCUT2D eigenvalue weighted by Crippen LogP contribution is -2.38. The molecule has 3 rings (SSSR count). The number of nitrogens with zero attached hydrogens (tertiary/aromatic N) is 1. The summed E-state index contributed by atoms with van der Waals surface area (Å²) in [6.07, 6.45) is 3.06. The van der Waals surface area contributed by atoms with Gasteiger partial charge < -0.3 is 19.1 Å². The zero-order valence-corrected chi connectivity index (χ0v) is 23.4. The van der Waals surface area contributed by atoms with Gasteiger partial charge in [-0.1, -0.05) is 24.6 Å². The molecule has 1 heterocycles. The van der Waals surface area contributed by atoms with Crippen LogP contribution in [-0.4, -0.2) is 57.6 Å². The number of para-hydroxylation sites is 1. The van der Waals surface area contributed by atoms with Gasteiger partial charge in [0.05, 0.1) is 13.7 Å². The van der Waals surface area contributed by atoms with E-state index in [2.05, 4.69) is 0 Å². The first-order chi connectivity index (χ1) is 17.9. The van der Waals surface area contributed by atoms with Gasteiger partial charge >= 0.3 is 6.09 Å². The predicted octanol–water partition coefficient (Wildman–Crippen LogP) is 4.50. The van der Waals surface area contributed by atoms with E-state index in [0.717, 1.165) is 17.7 Å². The van der Waals surface area contributed by atoms with Gasteiger partial charge in [-0.15, -0.1) is 0 Å². The van der Waals surface area contributed by atoms with Gasteiger partial charge in [-0.25, -0.2) is 18.4 Å². The Morgan fingerprint density at radius 1 is 1.08 bits per heavy atom. The van der Waals surface area contributed by atoms with Crippen molar-refractivity contribution in [1.82, 2.24) is 4.90 Å². The second-order valence-electron chi connectivity index (χ2n) is 10.4. The van der Waals surface area contributed by atoms with Crippen LogP contribution in [0.15, 0.2) is 41.3 Å². The fourth-order valence-corrected chi connectivity index (χ4v) is 5.08. The predicted molar refractivity (Wildman–Crippen MR) is 144 cm³/mol. The van der Waals surface area contributed by atoms with Gasteiger partial charge in [-0.3, -0.25) is 4.79 Å². The molecule has 0 aliphatic carbocycles. The molecule has 0 radical (unpaired) electrons. The van der Waals surface area contributed by atoms with Crippen molar-refractivity contribution in [3.63, 3.8) is 0 Å². The molecule has 38 heavy (non-hydrogen) atoms. The molecule has 0 aromatic heterocycles. The number of benzene rings is 2. The van der Waals surface area contributed by atoms with Crippen LogP contribution in [0.2, 0.25) is 0 Å². The van der Waals surface area contributed by atoms with Crippen molar-refractivity contribution in [2.45, 2.75) is 69.8 Å². The summed E-state index contributed by atoms with van der Waals surface area (Å²) < 4.78 is 40.4. The average molecular weight is 547 g/mol. The summed E-state index contributed by atoms with van der Waals surface area (Å²) >= 11 is 0. The lowest BCUT2D eigenvalue weighted by molar-refractivity contribution is 0.0248. The maximum atomic E-state index is 12.8. The summed E-state index contributed by atoms with van der Waals surface area (Å²) in [6.45, 7) is 6.83. The topological polar surface area (TPSA) is 125 Å². The number of ether oxygens (including phenoxy) is 3. The number of Topliss-reactive ketones (excluding diaryl/α,β-unsaturated/α-hetero) is 1. The molecule has 1 aliphatic rings. The number of ketones is 1. The van der Waals surface area contributed by atoms with Gasteiger partial charge in [0.25, 0.3) is 0 Å². The Balaban J connectivity index is 1.56. The maximum absolute atomic E-state index is 12.8. The normalized spacial score (nSPS) is 13.0. The van der Waals surface area contributed by atoms with E-state index >= 15 is 0 Å². The quantitative estimate of drug-likeness (QED) is 0.307. The Bertz CT molecular complexity index is 1250. The number of primary sulfonamides is 1. The number of unbranched alkanes of at least 4 members (excludes halogenated alkanes) is 2. The first-order valence-corrected chi connectivity index (χ1v) is 14.4. The molecule has 10 heteroatoms. The van der Waals surface area contributed by atoms with E-state index in [1.807, 2.05) is 45.0 Å². The van der Waals surface area contributed by atoms with Crippen LogP contribution in [0.25, 0.3) is 0 Å². The summed E-state index contributed by atoms with van der Waals surface area (Å²) in [5.41, 5.74) is 1.41. The number of hydrogen-bond acceptors (Lipinski definition) is 7. The highest BCUT2D eigenvalue weighted by atomic mass is 32.2. The number of carbonyl (C=O) groups excluding carboxylic acids is 2. The van der Waals surface area contributed by atoms with Gasteiger partial charge in [0, 0.05) is 31.5 Å². The van der Waals surface area contributed by atoms with Gasteiger partial charge in [0.2, 0.25) is 10.0 Å². The third kappa shape index (κ3) is 8.19. The highest BCUT2D eigenvalue weighted by Crippen LogP contribution is 2.34. The lowest BCUT2D eigenvalue weighted by Gasteiger charge is -2.27. The molecule has 0 saturated heterocycles. The summed E-state index contributed by atoms with van der Waals surface area (Å²) in [5.74, 6) is 0.878. The molecule has 0 fully saturated rings. The minimum absolute atomic E-state index is 0.140. The number of nitrogens with two attached hydrogens (primary N) is 1. The number of carbonyl (C=O) groups is 2. The highest BCUT2D eigenvalue weighted by molar-refractivity contribution is 7.89. The van der Waals surface area contributed by atoms with Crippen molar-refractivity contribution in [2.24, 2.45) is 5.14 Å². The van der Waals surface area contributed by atoms with Crippen LogP contribution < -0.4 is 14.6 Å². The molecule has 2 aromatic rings. The Morgan fingerprint density at radius 2 is 1.82 bits per heavy atom. The summed E-state index contributed by atoms with van der Waals surface area (Å²) in [5, 5.41) is 5.34. The van der Waals surface area contributed by atoms with Crippen LogP contribution in [0.1, 0.15) is 67.9 Å². The number of amides is 1. The minimum Gasteiger partial charge on any atom is -0.496 e. The third-order valence-corrected chi connectivity index (χ3v) is 7.12. The fraction of sp³-hybridized carbons (Fsp3) is 0.500. The highest BCUT2D eigenvalue weighted by Gasteiger charge is 2.26. The Labute approximate surface area is 225 Å². The van der Waals surface area contributed by atoms with Crippen molar-refractivity contribution in [1.29, 1.82) is 0 Å². The molecule has 2 N–H and O–H groups in total. The Kier molecular flexibility index (Phi) is 9.78. The molecule has 1 amide bonds. The SMILES string of the molecule is COc1ccccc1CCN(CCCCCC(=O)c1cc2c(c(S(N)(=O)=O)c1)OCC2)C(=O)OC(C)(C)C. The smallest absolute Gasteiger partial charge is 0.410 e. The first kappa shape index (κ1) is 29.4. The number of fused-ring (bicyclic) bond motifs is 1. The van der Waals surface area contributed by atoms with Crippen LogP contribution in [0.5, 0.6) is 11.5 Å². The van der Waals surface area contributed by atoms with E-state index in [1.165, 1.54) is 6.07 Å². The number of sulfonamides is 1. The van der Waals surface area contributed by atoms with E-state index in [4.69, 9.17) is 19.3 Å². The molecular formula is C28H38N2O7S. The van der Waals surface area contributed by atoms with Crippen LogP contribution in [0, 0.1) is 0 Å². The van der Waals surface area contributed by atoms with E-state index < -0.39 is 15.6 Å². The van der Waals surface area contributed by atoms with Crippen molar-refractivity contribution in [3.05, 3.63) is 53.1 Å².